The zero-order valence-electron chi connectivity index (χ0n) is 13.5. The van der Waals surface area contributed by atoms with Crippen LogP contribution in [0.5, 0.6) is 0 Å². The fourth-order valence-corrected chi connectivity index (χ4v) is 3.34. The summed E-state index contributed by atoms with van der Waals surface area (Å²) in [7, 11) is 0. The van der Waals surface area contributed by atoms with Crippen LogP contribution in [0.15, 0.2) is 30.7 Å². The molecule has 1 amide bonds. The van der Waals surface area contributed by atoms with Gasteiger partial charge in [-0.1, -0.05) is 0 Å². The van der Waals surface area contributed by atoms with E-state index >= 15 is 0 Å². The molecular formula is C17H22N4OS. The van der Waals surface area contributed by atoms with Crippen LogP contribution in [0.4, 0.5) is 0 Å². The van der Waals surface area contributed by atoms with Crippen molar-refractivity contribution in [2.45, 2.75) is 37.5 Å². The van der Waals surface area contributed by atoms with Crippen molar-refractivity contribution in [3.05, 3.63) is 36.5 Å². The standard InChI is InChI=1S/C17H22N4OS/c1-12(23-2)17(22)21-10-4-3-5-15(21)16-19-11-14(20-16)13-6-8-18-9-7-13/h6-9,11-12,15H,3-5,10H2,1-2H3,(H,19,20). The molecule has 122 valence electrons. The minimum Gasteiger partial charge on any atom is -0.340 e. The molecule has 0 bridgehead atoms. The van der Waals surface area contributed by atoms with Gasteiger partial charge in [0.05, 0.1) is 23.2 Å². The molecule has 3 heterocycles. The second-order valence-corrected chi connectivity index (χ2v) is 7.02. The molecule has 2 aromatic heterocycles. The van der Waals surface area contributed by atoms with E-state index in [4.69, 9.17) is 0 Å². The van der Waals surface area contributed by atoms with Crippen LogP contribution in [0.3, 0.4) is 0 Å². The first-order valence-corrected chi connectivity index (χ1v) is 9.28. The molecule has 1 N–H and O–H groups in total. The highest BCUT2D eigenvalue weighted by molar-refractivity contribution is 7.99. The first kappa shape index (κ1) is 16.1. The predicted octanol–water partition coefficient (Wildman–Crippen LogP) is 3.28. The summed E-state index contributed by atoms with van der Waals surface area (Å²) >= 11 is 1.60. The third-order valence-electron chi connectivity index (χ3n) is 4.39. The van der Waals surface area contributed by atoms with Gasteiger partial charge in [0.25, 0.3) is 0 Å². The normalized spacial score (nSPS) is 19.6. The van der Waals surface area contributed by atoms with Crippen molar-refractivity contribution in [2.24, 2.45) is 0 Å². The number of nitrogens with zero attached hydrogens (tertiary/aromatic N) is 3. The Balaban J connectivity index is 1.84. The molecule has 1 aliphatic heterocycles. The Morgan fingerprint density at radius 2 is 2.17 bits per heavy atom. The maximum Gasteiger partial charge on any atom is 0.236 e. The predicted molar refractivity (Wildman–Crippen MR) is 93.1 cm³/mol. The number of likely N-dealkylation sites (tertiary alicyclic amines) is 1. The average Bonchev–Trinajstić information content (AvgIpc) is 3.11. The van der Waals surface area contributed by atoms with Crippen molar-refractivity contribution >= 4 is 17.7 Å². The molecule has 2 atom stereocenters. The summed E-state index contributed by atoms with van der Waals surface area (Å²) in [5, 5.41) is -0.00905. The smallest absolute Gasteiger partial charge is 0.236 e. The van der Waals surface area contributed by atoms with E-state index in [2.05, 4.69) is 15.0 Å². The van der Waals surface area contributed by atoms with Crippen LogP contribution in [-0.2, 0) is 4.79 Å². The lowest BCUT2D eigenvalue weighted by atomic mass is 10.0. The average molecular weight is 330 g/mol. The third kappa shape index (κ3) is 3.42. The molecule has 23 heavy (non-hydrogen) atoms. The number of nitrogens with one attached hydrogen (secondary N) is 1. The molecule has 0 aliphatic carbocycles. The lowest BCUT2D eigenvalue weighted by Gasteiger charge is -2.36. The van der Waals surface area contributed by atoms with Crippen molar-refractivity contribution in [3.8, 4) is 11.3 Å². The van der Waals surface area contributed by atoms with E-state index in [0.717, 1.165) is 42.9 Å². The quantitative estimate of drug-likeness (QED) is 0.934. The van der Waals surface area contributed by atoms with E-state index in [1.807, 2.05) is 36.4 Å². The first-order chi connectivity index (χ1) is 11.2. The van der Waals surface area contributed by atoms with Crippen molar-refractivity contribution in [1.82, 2.24) is 19.9 Å². The Labute approximate surface area is 140 Å². The van der Waals surface area contributed by atoms with E-state index in [0.29, 0.717) is 0 Å². The Kier molecular flexibility index (Phi) is 5.00. The van der Waals surface area contributed by atoms with Crippen LogP contribution >= 0.6 is 11.8 Å². The number of imidazole rings is 1. The number of hydrogen-bond donors (Lipinski definition) is 1. The molecule has 6 heteroatoms. The molecule has 1 saturated heterocycles. The molecule has 0 aromatic carbocycles. The highest BCUT2D eigenvalue weighted by Crippen LogP contribution is 2.32. The molecule has 2 aromatic rings. The Morgan fingerprint density at radius 1 is 1.39 bits per heavy atom. The summed E-state index contributed by atoms with van der Waals surface area (Å²) in [5.41, 5.74) is 2.03. The number of aromatic nitrogens is 3. The van der Waals surface area contributed by atoms with Crippen LogP contribution in [0, 0.1) is 0 Å². The van der Waals surface area contributed by atoms with E-state index < -0.39 is 0 Å². The van der Waals surface area contributed by atoms with Gasteiger partial charge in [0.2, 0.25) is 5.91 Å². The van der Waals surface area contributed by atoms with E-state index in [1.54, 1.807) is 24.2 Å². The van der Waals surface area contributed by atoms with Gasteiger partial charge in [-0.15, -0.1) is 0 Å². The number of thioether (sulfide) groups is 1. The van der Waals surface area contributed by atoms with Crippen LogP contribution in [0.1, 0.15) is 38.1 Å². The molecule has 3 rings (SSSR count). The van der Waals surface area contributed by atoms with E-state index in [1.165, 1.54) is 0 Å². The van der Waals surface area contributed by atoms with Crippen LogP contribution in [0.2, 0.25) is 0 Å². The van der Waals surface area contributed by atoms with Gasteiger partial charge in [-0.2, -0.15) is 11.8 Å². The molecule has 0 spiro atoms. The topological polar surface area (TPSA) is 61.9 Å². The Hall–Kier alpha value is -1.82. The summed E-state index contributed by atoms with van der Waals surface area (Å²) in [4.78, 5) is 26.6. The number of carbonyl (C=O) groups is 1. The molecular weight excluding hydrogens is 308 g/mol. The van der Waals surface area contributed by atoms with E-state index in [-0.39, 0.29) is 17.2 Å². The highest BCUT2D eigenvalue weighted by atomic mass is 32.2. The van der Waals surface area contributed by atoms with Gasteiger partial charge >= 0.3 is 0 Å². The largest absolute Gasteiger partial charge is 0.340 e. The molecule has 1 fully saturated rings. The molecule has 5 nitrogen and oxygen atoms in total. The number of piperidine rings is 1. The minimum absolute atomic E-state index is 0.00905. The van der Waals surface area contributed by atoms with Gasteiger partial charge in [0.1, 0.15) is 5.82 Å². The minimum atomic E-state index is -0.00905. The summed E-state index contributed by atoms with van der Waals surface area (Å²) in [5.74, 6) is 1.10. The summed E-state index contributed by atoms with van der Waals surface area (Å²) < 4.78 is 0. The fourth-order valence-electron chi connectivity index (χ4n) is 3.00. The molecule has 2 unspecified atom stereocenters. The van der Waals surface area contributed by atoms with E-state index in [9.17, 15) is 4.79 Å². The van der Waals surface area contributed by atoms with Crippen LogP contribution in [-0.4, -0.2) is 43.8 Å². The van der Waals surface area contributed by atoms with Crippen molar-refractivity contribution < 1.29 is 4.79 Å². The first-order valence-electron chi connectivity index (χ1n) is 7.99. The van der Waals surface area contributed by atoms with Gasteiger partial charge in [0, 0.05) is 24.5 Å². The van der Waals surface area contributed by atoms with Crippen molar-refractivity contribution in [3.63, 3.8) is 0 Å². The second kappa shape index (κ2) is 7.17. The number of rotatable bonds is 4. The van der Waals surface area contributed by atoms with Gasteiger partial charge in [0.15, 0.2) is 0 Å². The zero-order valence-corrected chi connectivity index (χ0v) is 14.3. The van der Waals surface area contributed by atoms with Crippen LogP contribution in [0.25, 0.3) is 11.3 Å². The third-order valence-corrected chi connectivity index (χ3v) is 5.30. The molecule has 0 radical (unpaired) electrons. The number of carbonyl (C=O) groups excluding carboxylic acids is 1. The lowest BCUT2D eigenvalue weighted by molar-refractivity contribution is -0.134. The SMILES string of the molecule is CSC(C)C(=O)N1CCCCC1c1ncc(-c2ccncc2)[nH]1. The van der Waals surface area contributed by atoms with Gasteiger partial charge < -0.3 is 9.88 Å². The number of H-pyrrole nitrogens is 1. The van der Waals surface area contributed by atoms with Gasteiger partial charge in [-0.3, -0.25) is 9.78 Å². The second-order valence-electron chi connectivity index (χ2n) is 5.84. The number of pyridine rings is 1. The number of amides is 1. The number of hydrogen-bond acceptors (Lipinski definition) is 4. The molecule has 1 aliphatic rings. The fraction of sp³-hybridized carbons (Fsp3) is 0.471. The highest BCUT2D eigenvalue weighted by Gasteiger charge is 2.32. The maximum atomic E-state index is 12.6. The van der Waals surface area contributed by atoms with Gasteiger partial charge in [-0.05, 0) is 44.6 Å². The maximum absolute atomic E-state index is 12.6. The monoisotopic (exact) mass is 330 g/mol. The summed E-state index contributed by atoms with van der Waals surface area (Å²) in [6.07, 6.45) is 10.5. The van der Waals surface area contributed by atoms with Crippen LogP contribution < -0.4 is 0 Å². The lowest BCUT2D eigenvalue weighted by Crippen LogP contribution is -2.42. The summed E-state index contributed by atoms with van der Waals surface area (Å²) in [6, 6.07) is 3.97. The van der Waals surface area contributed by atoms with Crippen molar-refractivity contribution in [1.29, 1.82) is 0 Å². The van der Waals surface area contributed by atoms with Crippen molar-refractivity contribution in [2.75, 3.05) is 12.8 Å². The zero-order chi connectivity index (χ0) is 16.2. The number of aromatic amines is 1. The summed E-state index contributed by atoms with van der Waals surface area (Å²) in [6.45, 7) is 2.79. The Morgan fingerprint density at radius 3 is 2.91 bits per heavy atom. The van der Waals surface area contributed by atoms with Gasteiger partial charge in [-0.25, -0.2) is 4.98 Å². The Bertz CT molecular complexity index is 658. The molecule has 0 saturated carbocycles.